The topological polar surface area (TPSA) is 51.5 Å². The van der Waals surface area contributed by atoms with Crippen LogP contribution < -0.4 is 4.74 Å². The summed E-state index contributed by atoms with van der Waals surface area (Å²) >= 11 is 0. The van der Waals surface area contributed by atoms with Crippen molar-refractivity contribution in [2.75, 3.05) is 0 Å². The average molecular weight is 375 g/mol. The molecule has 4 aromatic rings. The minimum Gasteiger partial charge on any atom is -0.488 e. The summed E-state index contributed by atoms with van der Waals surface area (Å²) in [6, 6.07) is 21.4. The summed E-state index contributed by atoms with van der Waals surface area (Å²) in [4.78, 5) is 11.8. The number of carboxylic acid groups (broad SMARTS) is 1. The van der Waals surface area contributed by atoms with E-state index in [0.29, 0.717) is 24.3 Å². The van der Waals surface area contributed by atoms with Gasteiger partial charge in [-0.25, -0.2) is 9.18 Å². The largest absolute Gasteiger partial charge is 0.488 e. The molecule has 0 amide bonds. The maximum absolute atomic E-state index is 13.2. The first-order valence-corrected chi connectivity index (χ1v) is 8.88. The number of nitrogens with zero attached hydrogens (tertiary/aromatic N) is 1. The maximum Gasteiger partial charge on any atom is 0.338 e. The molecule has 0 aliphatic heterocycles. The Morgan fingerprint density at radius 1 is 0.929 bits per heavy atom. The summed E-state index contributed by atoms with van der Waals surface area (Å²) in [5.74, 6) is -0.792. The maximum atomic E-state index is 13.2. The van der Waals surface area contributed by atoms with Crippen LogP contribution in [-0.2, 0) is 13.2 Å². The van der Waals surface area contributed by atoms with Gasteiger partial charge >= 0.3 is 5.97 Å². The summed E-state index contributed by atoms with van der Waals surface area (Å²) in [5, 5.41) is 10.3. The van der Waals surface area contributed by atoms with Crippen molar-refractivity contribution < 1.29 is 19.0 Å². The van der Waals surface area contributed by atoms with Crippen LogP contribution in [0.4, 0.5) is 4.39 Å². The summed E-state index contributed by atoms with van der Waals surface area (Å²) in [7, 11) is 0. The van der Waals surface area contributed by atoms with Crippen LogP contribution >= 0.6 is 0 Å². The first-order valence-electron chi connectivity index (χ1n) is 8.88. The second-order valence-corrected chi connectivity index (χ2v) is 6.53. The Balaban J connectivity index is 1.72. The van der Waals surface area contributed by atoms with Gasteiger partial charge in [-0.05, 0) is 35.4 Å². The zero-order chi connectivity index (χ0) is 19.5. The molecule has 0 atom stereocenters. The minimum absolute atomic E-state index is 0.181. The number of rotatable bonds is 6. The molecule has 4 nitrogen and oxygen atoms in total. The summed E-state index contributed by atoms with van der Waals surface area (Å²) in [5.41, 5.74) is 2.82. The average Bonchev–Trinajstić information content (AvgIpc) is 3.08. The second-order valence-electron chi connectivity index (χ2n) is 6.53. The smallest absolute Gasteiger partial charge is 0.338 e. The fraction of sp³-hybridized carbons (Fsp3) is 0.0870. The van der Waals surface area contributed by atoms with E-state index >= 15 is 0 Å². The van der Waals surface area contributed by atoms with Crippen LogP contribution in [-0.4, -0.2) is 15.6 Å². The molecule has 0 bridgehead atoms. The van der Waals surface area contributed by atoms with Gasteiger partial charge in [-0.15, -0.1) is 0 Å². The van der Waals surface area contributed by atoms with Gasteiger partial charge in [0.15, 0.2) is 0 Å². The Hall–Kier alpha value is -3.60. The Morgan fingerprint density at radius 3 is 2.39 bits per heavy atom. The lowest BCUT2D eigenvalue weighted by Gasteiger charge is -2.10. The molecule has 0 fully saturated rings. The Morgan fingerprint density at radius 2 is 1.68 bits per heavy atom. The van der Waals surface area contributed by atoms with Gasteiger partial charge in [0.25, 0.3) is 0 Å². The number of aromatic nitrogens is 1. The van der Waals surface area contributed by atoms with Crippen LogP contribution in [0.1, 0.15) is 21.5 Å². The molecular weight excluding hydrogens is 357 g/mol. The van der Waals surface area contributed by atoms with Crippen molar-refractivity contribution in [1.82, 2.24) is 4.57 Å². The number of carboxylic acids is 1. The standard InChI is InChI=1S/C23H18FNO3/c24-18-11-9-16(10-12-18)13-25-14-19(23(26)27)22-20(25)7-4-8-21(22)28-15-17-5-2-1-3-6-17/h1-12,14H,13,15H2,(H,26,27). The van der Waals surface area contributed by atoms with E-state index in [1.54, 1.807) is 24.4 Å². The zero-order valence-electron chi connectivity index (χ0n) is 15.0. The van der Waals surface area contributed by atoms with Gasteiger partial charge in [-0.2, -0.15) is 0 Å². The lowest BCUT2D eigenvalue weighted by atomic mass is 10.1. The molecule has 4 rings (SSSR count). The fourth-order valence-corrected chi connectivity index (χ4v) is 3.25. The highest BCUT2D eigenvalue weighted by molar-refractivity contribution is 6.06. The van der Waals surface area contributed by atoms with Crippen LogP contribution in [0.5, 0.6) is 5.75 Å². The van der Waals surface area contributed by atoms with E-state index < -0.39 is 5.97 Å². The predicted molar refractivity (Wildman–Crippen MR) is 105 cm³/mol. The number of aromatic carboxylic acids is 1. The minimum atomic E-state index is -1.02. The molecule has 3 aromatic carbocycles. The highest BCUT2D eigenvalue weighted by Gasteiger charge is 2.18. The van der Waals surface area contributed by atoms with Crippen LogP contribution in [0.2, 0.25) is 0 Å². The van der Waals surface area contributed by atoms with Gasteiger partial charge in [0, 0.05) is 12.7 Å². The van der Waals surface area contributed by atoms with Gasteiger partial charge in [0.1, 0.15) is 18.2 Å². The monoisotopic (exact) mass is 375 g/mol. The number of ether oxygens (including phenoxy) is 1. The van der Waals surface area contributed by atoms with Gasteiger partial charge in [0.2, 0.25) is 0 Å². The molecule has 0 saturated heterocycles. The molecule has 0 aliphatic rings. The number of hydrogen-bond acceptors (Lipinski definition) is 2. The normalized spacial score (nSPS) is 10.9. The van der Waals surface area contributed by atoms with Crippen molar-refractivity contribution in [3.8, 4) is 5.75 Å². The van der Waals surface area contributed by atoms with Crippen molar-refractivity contribution in [2.45, 2.75) is 13.2 Å². The molecule has 0 unspecified atom stereocenters. The van der Waals surface area contributed by atoms with Crippen LogP contribution in [0, 0.1) is 5.82 Å². The second kappa shape index (κ2) is 7.56. The van der Waals surface area contributed by atoms with Crippen molar-refractivity contribution >= 4 is 16.9 Å². The first-order chi connectivity index (χ1) is 13.6. The molecule has 0 radical (unpaired) electrons. The molecule has 0 saturated carbocycles. The van der Waals surface area contributed by atoms with Gasteiger partial charge < -0.3 is 14.4 Å². The molecule has 5 heteroatoms. The third-order valence-corrected chi connectivity index (χ3v) is 4.60. The van der Waals surface area contributed by atoms with E-state index in [1.165, 1.54) is 12.1 Å². The quantitative estimate of drug-likeness (QED) is 0.510. The molecule has 28 heavy (non-hydrogen) atoms. The molecule has 1 heterocycles. The van der Waals surface area contributed by atoms with E-state index in [0.717, 1.165) is 16.6 Å². The zero-order valence-corrected chi connectivity index (χ0v) is 15.0. The molecular formula is C23H18FNO3. The third kappa shape index (κ3) is 3.60. The van der Waals surface area contributed by atoms with Crippen molar-refractivity contribution in [3.05, 3.63) is 102 Å². The predicted octanol–water partition coefficient (Wildman–Crippen LogP) is 5.11. The Bertz CT molecular complexity index is 1120. The first kappa shape index (κ1) is 17.8. The Labute approximate surface area is 161 Å². The van der Waals surface area contributed by atoms with E-state index in [1.807, 2.05) is 47.0 Å². The molecule has 1 aromatic heterocycles. The summed E-state index contributed by atoms with van der Waals surface area (Å²) in [6.07, 6.45) is 1.60. The number of halogens is 1. The van der Waals surface area contributed by atoms with E-state index in [2.05, 4.69) is 0 Å². The highest BCUT2D eigenvalue weighted by atomic mass is 19.1. The molecule has 0 spiro atoms. The van der Waals surface area contributed by atoms with Crippen molar-refractivity contribution in [1.29, 1.82) is 0 Å². The number of carbonyl (C=O) groups is 1. The fourth-order valence-electron chi connectivity index (χ4n) is 3.25. The summed E-state index contributed by atoms with van der Waals surface area (Å²) in [6.45, 7) is 0.786. The van der Waals surface area contributed by atoms with Crippen molar-refractivity contribution in [2.24, 2.45) is 0 Å². The lowest BCUT2D eigenvalue weighted by Crippen LogP contribution is -1.98. The van der Waals surface area contributed by atoms with Gasteiger partial charge in [0.05, 0.1) is 16.5 Å². The SMILES string of the molecule is O=C(O)c1cn(Cc2ccc(F)cc2)c2cccc(OCc3ccccc3)c12. The highest BCUT2D eigenvalue weighted by Crippen LogP contribution is 2.32. The van der Waals surface area contributed by atoms with E-state index in [-0.39, 0.29) is 11.4 Å². The number of benzene rings is 3. The third-order valence-electron chi connectivity index (χ3n) is 4.60. The lowest BCUT2D eigenvalue weighted by molar-refractivity contribution is 0.0698. The van der Waals surface area contributed by atoms with Gasteiger partial charge in [-0.1, -0.05) is 48.5 Å². The van der Waals surface area contributed by atoms with Crippen LogP contribution in [0.25, 0.3) is 10.9 Å². The number of hydrogen-bond donors (Lipinski definition) is 1. The molecule has 1 N–H and O–H groups in total. The van der Waals surface area contributed by atoms with E-state index in [9.17, 15) is 14.3 Å². The van der Waals surface area contributed by atoms with Crippen molar-refractivity contribution in [3.63, 3.8) is 0 Å². The van der Waals surface area contributed by atoms with E-state index in [4.69, 9.17) is 4.74 Å². The van der Waals surface area contributed by atoms with Crippen LogP contribution in [0.3, 0.4) is 0 Å². The van der Waals surface area contributed by atoms with Crippen LogP contribution in [0.15, 0.2) is 79.0 Å². The molecule has 140 valence electrons. The summed E-state index contributed by atoms with van der Waals surface area (Å²) < 4.78 is 21.0. The molecule has 0 aliphatic carbocycles. The van der Waals surface area contributed by atoms with Gasteiger partial charge in [-0.3, -0.25) is 0 Å². The number of fused-ring (bicyclic) bond motifs is 1. The Kier molecular flexibility index (Phi) is 4.81.